The van der Waals surface area contributed by atoms with Crippen molar-refractivity contribution in [2.75, 3.05) is 25.0 Å². The van der Waals surface area contributed by atoms with Gasteiger partial charge in [-0.15, -0.1) is 0 Å². The fraction of sp³-hybridized carbons (Fsp3) is 0.667. The lowest BCUT2D eigenvalue weighted by Gasteiger charge is -2.45. The van der Waals surface area contributed by atoms with Crippen LogP contribution in [0.1, 0.15) is 76.8 Å². The Labute approximate surface area is 179 Å². The summed E-state index contributed by atoms with van der Waals surface area (Å²) in [6.45, 7) is 12.9. The van der Waals surface area contributed by atoms with Gasteiger partial charge in [0, 0.05) is 46.9 Å². The summed E-state index contributed by atoms with van der Waals surface area (Å²) in [5, 5.41) is 7.30. The highest BCUT2D eigenvalue weighted by molar-refractivity contribution is 14.1. The Kier molecular flexibility index (Phi) is 6.79. The van der Waals surface area contributed by atoms with E-state index in [1.165, 1.54) is 49.9 Å². The van der Waals surface area contributed by atoms with E-state index in [4.69, 9.17) is 0 Å². The summed E-state index contributed by atoms with van der Waals surface area (Å²) < 4.78 is 3.03. The molecule has 2 saturated carbocycles. The highest BCUT2D eigenvalue weighted by Gasteiger charge is 2.39. The molecule has 1 aromatic carbocycles. The van der Waals surface area contributed by atoms with Crippen LogP contribution in [0.25, 0.3) is 0 Å². The standard InChI is InChI=1S/C24H35IN2/c1-23(2)14-20(15-24(3,4)17-23)21-13-18(9-10-25)7-8-22(21)27-12-11-26-16-19-5-6-19/h7-8,13,19-20,26-27H,5-6,11-12,14-17H2,1-4H3. The predicted octanol–water partition coefficient (Wildman–Crippen LogP) is 6.16. The topological polar surface area (TPSA) is 24.1 Å². The summed E-state index contributed by atoms with van der Waals surface area (Å²) in [5.74, 6) is 4.79. The second-order valence-electron chi connectivity index (χ2n) is 10.2. The Hall–Kier alpha value is -0.730. The molecule has 2 aliphatic rings. The minimum atomic E-state index is 0.389. The Morgan fingerprint density at radius 3 is 2.41 bits per heavy atom. The van der Waals surface area contributed by atoms with E-state index in [1.54, 1.807) is 0 Å². The molecule has 27 heavy (non-hydrogen) atoms. The maximum Gasteiger partial charge on any atom is 0.0376 e. The van der Waals surface area contributed by atoms with Crippen LogP contribution in [0.2, 0.25) is 0 Å². The molecule has 3 rings (SSSR count). The SMILES string of the molecule is CC1(C)CC(c2cc(C#CI)ccc2NCCNCC2CC2)CC(C)(C)C1. The molecule has 1 aromatic rings. The molecule has 0 spiro atoms. The van der Waals surface area contributed by atoms with E-state index in [9.17, 15) is 0 Å². The number of rotatable bonds is 7. The molecule has 2 N–H and O–H groups in total. The summed E-state index contributed by atoms with van der Waals surface area (Å²) in [7, 11) is 0. The van der Waals surface area contributed by atoms with Gasteiger partial charge in [-0.25, -0.2) is 0 Å². The van der Waals surface area contributed by atoms with Crippen LogP contribution in [0.3, 0.4) is 0 Å². The van der Waals surface area contributed by atoms with Crippen molar-refractivity contribution in [2.24, 2.45) is 16.7 Å². The second-order valence-corrected chi connectivity index (χ2v) is 10.7. The van der Waals surface area contributed by atoms with Gasteiger partial charge in [0.05, 0.1) is 0 Å². The van der Waals surface area contributed by atoms with E-state index < -0.39 is 0 Å². The van der Waals surface area contributed by atoms with E-state index in [-0.39, 0.29) is 0 Å². The van der Waals surface area contributed by atoms with Crippen LogP contribution >= 0.6 is 22.6 Å². The zero-order valence-corrected chi connectivity index (χ0v) is 19.6. The number of hydrogen-bond acceptors (Lipinski definition) is 2. The highest BCUT2D eigenvalue weighted by atomic mass is 127. The molecule has 2 aliphatic carbocycles. The number of anilines is 1. The molecule has 0 unspecified atom stereocenters. The molecule has 0 atom stereocenters. The summed E-state index contributed by atoms with van der Waals surface area (Å²) in [5.41, 5.74) is 4.69. The molecule has 148 valence electrons. The first-order valence-electron chi connectivity index (χ1n) is 10.5. The molecule has 0 bridgehead atoms. The molecule has 0 saturated heterocycles. The minimum Gasteiger partial charge on any atom is -0.384 e. The number of halogens is 1. The summed E-state index contributed by atoms with van der Waals surface area (Å²) in [4.78, 5) is 0. The van der Waals surface area contributed by atoms with Crippen LogP contribution in [-0.2, 0) is 0 Å². The monoisotopic (exact) mass is 478 g/mol. The van der Waals surface area contributed by atoms with Crippen LogP contribution in [0.4, 0.5) is 5.69 Å². The van der Waals surface area contributed by atoms with Crippen LogP contribution in [0.5, 0.6) is 0 Å². The van der Waals surface area contributed by atoms with Crippen molar-refractivity contribution >= 4 is 28.3 Å². The zero-order valence-electron chi connectivity index (χ0n) is 17.4. The lowest BCUT2D eigenvalue weighted by atomic mass is 9.60. The first-order chi connectivity index (χ1) is 12.8. The van der Waals surface area contributed by atoms with Gasteiger partial charge in [0.2, 0.25) is 0 Å². The normalized spacial score (nSPS) is 21.4. The molecule has 0 aliphatic heterocycles. The maximum atomic E-state index is 3.72. The van der Waals surface area contributed by atoms with Gasteiger partial charge in [-0.05, 0) is 89.0 Å². The molecule has 0 radical (unpaired) electrons. The average Bonchev–Trinajstić information content (AvgIpc) is 3.37. The largest absolute Gasteiger partial charge is 0.384 e. The molecular weight excluding hydrogens is 443 g/mol. The summed E-state index contributed by atoms with van der Waals surface area (Å²) >= 11 is 2.13. The van der Waals surface area contributed by atoms with E-state index in [2.05, 4.69) is 89.0 Å². The van der Waals surface area contributed by atoms with Gasteiger partial charge >= 0.3 is 0 Å². The van der Waals surface area contributed by atoms with Crippen molar-refractivity contribution in [3.8, 4) is 9.85 Å². The minimum absolute atomic E-state index is 0.389. The van der Waals surface area contributed by atoms with E-state index in [1.807, 2.05) is 0 Å². The van der Waals surface area contributed by atoms with E-state index in [0.717, 1.165) is 24.6 Å². The van der Waals surface area contributed by atoms with E-state index >= 15 is 0 Å². The van der Waals surface area contributed by atoms with Gasteiger partial charge in [0.1, 0.15) is 0 Å². The molecular formula is C24H35IN2. The van der Waals surface area contributed by atoms with Crippen LogP contribution in [-0.4, -0.2) is 19.6 Å². The van der Waals surface area contributed by atoms with Gasteiger partial charge in [0.15, 0.2) is 0 Å². The fourth-order valence-electron chi connectivity index (χ4n) is 5.17. The summed E-state index contributed by atoms with van der Waals surface area (Å²) in [6.07, 6.45) is 6.64. The summed E-state index contributed by atoms with van der Waals surface area (Å²) in [6, 6.07) is 6.75. The Bertz CT molecular complexity index is 691. The Morgan fingerprint density at radius 1 is 1.07 bits per heavy atom. The third kappa shape index (κ3) is 6.39. The molecule has 2 nitrogen and oxygen atoms in total. The fourth-order valence-corrected chi connectivity index (χ4v) is 5.48. The maximum absolute atomic E-state index is 3.72. The van der Waals surface area contributed by atoms with Crippen LogP contribution < -0.4 is 10.6 Å². The van der Waals surface area contributed by atoms with Gasteiger partial charge in [0.25, 0.3) is 0 Å². The average molecular weight is 478 g/mol. The van der Waals surface area contributed by atoms with Crippen LogP contribution in [0, 0.1) is 26.6 Å². The smallest absolute Gasteiger partial charge is 0.0376 e. The Balaban J connectivity index is 1.74. The lowest BCUT2D eigenvalue weighted by Crippen LogP contribution is -2.33. The highest BCUT2D eigenvalue weighted by Crippen LogP contribution is 2.52. The molecule has 2 fully saturated rings. The van der Waals surface area contributed by atoms with Gasteiger partial charge in [-0.2, -0.15) is 0 Å². The number of benzene rings is 1. The third-order valence-corrected chi connectivity index (χ3v) is 6.25. The quantitative estimate of drug-likeness (QED) is 0.279. The van der Waals surface area contributed by atoms with Gasteiger partial charge in [-0.3, -0.25) is 0 Å². The van der Waals surface area contributed by atoms with Gasteiger partial charge < -0.3 is 10.6 Å². The second kappa shape index (κ2) is 8.74. The zero-order chi connectivity index (χ0) is 19.5. The van der Waals surface area contributed by atoms with Crippen LogP contribution in [0.15, 0.2) is 18.2 Å². The Morgan fingerprint density at radius 2 is 1.78 bits per heavy atom. The molecule has 3 heteroatoms. The van der Waals surface area contributed by atoms with Crippen molar-refractivity contribution < 1.29 is 0 Å². The third-order valence-electron chi connectivity index (χ3n) is 5.99. The molecule has 0 aromatic heterocycles. The number of nitrogens with one attached hydrogen (secondary N) is 2. The lowest BCUT2D eigenvalue weighted by molar-refractivity contribution is 0.0971. The van der Waals surface area contributed by atoms with Crippen molar-refractivity contribution in [3.05, 3.63) is 29.3 Å². The molecule has 0 heterocycles. The van der Waals surface area contributed by atoms with Crippen molar-refractivity contribution in [3.63, 3.8) is 0 Å². The first kappa shape index (κ1) is 21.0. The van der Waals surface area contributed by atoms with Crippen molar-refractivity contribution in [1.29, 1.82) is 0 Å². The van der Waals surface area contributed by atoms with Crippen molar-refractivity contribution in [1.82, 2.24) is 5.32 Å². The first-order valence-corrected chi connectivity index (χ1v) is 11.6. The predicted molar refractivity (Wildman–Crippen MR) is 126 cm³/mol. The van der Waals surface area contributed by atoms with Gasteiger partial charge in [-0.1, -0.05) is 33.6 Å². The van der Waals surface area contributed by atoms with E-state index in [0.29, 0.717) is 16.7 Å². The molecule has 0 amide bonds. The number of hydrogen-bond donors (Lipinski definition) is 2. The van der Waals surface area contributed by atoms with Crippen molar-refractivity contribution in [2.45, 2.75) is 65.7 Å².